The van der Waals surface area contributed by atoms with Gasteiger partial charge in [-0.1, -0.05) is 18.2 Å². The summed E-state index contributed by atoms with van der Waals surface area (Å²) in [7, 11) is 0. The largest absolute Gasteiger partial charge is 0.339 e. The number of amides is 1. The zero-order chi connectivity index (χ0) is 15.4. The van der Waals surface area contributed by atoms with Crippen LogP contribution in [0.1, 0.15) is 37.7 Å². The second-order valence-electron chi connectivity index (χ2n) is 6.51. The lowest BCUT2D eigenvalue weighted by molar-refractivity contribution is -0.135. The Labute approximate surface area is 131 Å². The van der Waals surface area contributed by atoms with Crippen LogP contribution in [0, 0.1) is 11.7 Å². The molecule has 1 aromatic carbocycles. The highest BCUT2D eigenvalue weighted by Gasteiger charge is 2.33. The Hall–Kier alpha value is -1.42. The van der Waals surface area contributed by atoms with Crippen molar-refractivity contribution in [1.82, 2.24) is 10.2 Å². The molecule has 0 aromatic heterocycles. The molecule has 120 valence electrons. The summed E-state index contributed by atoms with van der Waals surface area (Å²) in [5, 5.41) is 3.39. The number of hydrogen-bond donors (Lipinski definition) is 1. The Morgan fingerprint density at radius 2 is 1.95 bits per heavy atom. The normalized spacial score (nSPS) is 23.5. The van der Waals surface area contributed by atoms with Crippen molar-refractivity contribution in [3.05, 3.63) is 35.6 Å². The van der Waals surface area contributed by atoms with Crippen molar-refractivity contribution < 1.29 is 9.18 Å². The smallest absolute Gasteiger partial charge is 0.227 e. The number of benzene rings is 1. The number of halogens is 1. The SMILES string of the molecule is O=C(Cc1ccccc1F)N1CCCC[C@@H]1C1CCNCC1. The highest BCUT2D eigenvalue weighted by atomic mass is 19.1. The summed E-state index contributed by atoms with van der Waals surface area (Å²) in [6.07, 6.45) is 5.87. The van der Waals surface area contributed by atoms with Gasteiger partial charge in [0, 0.05) is 12.6 Å². The zero-order valence-electron chi connectivity index (χ0n) is 13.1. The Morgan fingerprint density at radius 1 is 1.18 bits per heavy atom. The first-order valence-electron chi connectivity index (χ1n) is 8.49. The van der Waals surface area contributed by atoms with Gasteiger partial charge in [0.2, 0.25) is 5.91 Å². The minimum Gasteiger partial charge on any atom is -0.339 e. The maximum atomic E-state index is 13.8. The van der Waals surface area contributed by atoms with Gasteiger partial charge in [0.05, 0.1) is 6.42 Å². The molecule has 22 heavy (non-hydrogen) atoms. The van der Waals surface area contributed by atoms with Crippen LogP contribution in [0.4, 0.5) is 4.39 Å². The van der Waals surface area contributed by atoms with E-state index in [2.05, 4.69) is 5.32 Å². The van der Waals surface area contributed by atoms with Crippen LogP contribution in [0.15, 0.2) is 24.3 Å². The number of carbonyl (C=O) groups excluding carboxylic acids is 1. The molecule has 0 saturated carbocycles. The molecule has 3 nitrogen and oxygen atoms in total. The van der Waals surface area contributed by atoms with E-state index in [0.717, 1.165) is 45.3 Å². The van der Waals surface area contributed by atoms with Gasteiger partial charge in [0.25, 0.3) is 0 Å². The van der Waals surface area contributed by atoms with Crippen LogP contribution < -0.4 is 5.32 Å². The molecule has 1 N–H and O–H groups in total. The van der Waals surface area contributed by atoms with Gasteiger partial charge in [0.1, 0.15) is 5.82 Å². The van der Waals surface area contributed by atoms with Gasteiger partial charge >= 0.3 is 0 Å². The summed E-state index contributed by atoms with van der Waals surface area (Å²) in [6.45, 7) is 2.94. The van der Waals surface area contributed by atoms with Crippen molar-refractivity contribution in [3.8, 4) is 0 Å². The molecule has 1 aromatic rings. The Bertz CT molecular complexity index is 514. The van der Waals surface area contributed by atoms with Crippen LogP contribution in [0.2, 0.25) is 0 Å². The van der Waals surface area contributed by atoms with Crippen LogP contribution >= 0.6 is 0 Å². The topological polar surface area (TPSA) is 32.3 Å². The molecular weight excluding hydrogens is 279 g/mol. The second-order valence-corrected chi connectivity index (χ2v) is 6.51. The number of hydrogen-bond acceptors (Lipinski definition) is 2. The molecule has 3 rings (SSSR count). The van der Waals surface area contributed by atoms with Crippen LogP contribution in [0.5, 0.6) is 0 Å². The number of nitrogens with zero attached hydrogens (tertiary/aromatic N) is 1. The van der Waals surface area contributed by atoms with Crippen molar-refractivity contribution >= 4 is 5.91 Å². The molecule has 1 amide bonds. The van der Waals surface area contributed by atoms with Crippen molar-refractivity contribution in [2.45, 2.75) is 44.6 Å². The van der Waals surface area contributed by atoms with E-state index in [-0.39, 0.29) is 18.1 Å². The fraction of sp³-hybridized carbons (Fsp3) is 0.611. The molecule has 0 spiro atoms. The van der Waals surface area contributed by atoms with Crippen LogP contribution in [-0.4, -0.2) is 36.5 Å². The van der Waals surface area contributed by atoms with E-state index in [0.29, 0.717) is 17.5 Å². The monoisotopic (exact) mass is 304 g/mol. The number of piperidine rings is 2. The molecule has 0 radical (unpaired) electrons. The number of likely N-dealkylation sites (tertiary alicyclic amines) is 1. The van der Waals surface area contributed by atoms with E-state index in [4.69, 9.17) is 0 Å². The average Bonchev–Trinajstić information content (AvgIpc) is 2.58. The lowest BCUT2D eigenvalue weighted by Gasteiger charge is -2.42. The molecule has 0 aliphatic carbocycles. The Kier molecular flexibility index (Phi) is 5.08. The molecule has 1 atom stereocenters. The van der Waals surface area contributed by atoms with E-state index >= 15 is 0 Å². The molecule has 0 unspecified atom stereocenters. The summed E-state index contributed by atoms with van der Waals surface area (Å²) in [6, 6.07) is 6.98. The third kappa shape index (κ3) is 3.49. The molecule has 2 aliphatic heterocycles. The van der Waals surface area contributed by atoms with E-state index in [9.17, 15) is 9.18 Å². The van der Waals surface area contributed by atoms with Gasteiger partial charge in [-0.25, -0.2) is 4.39 Å². The number of carbonyl (C=O) groups is 1. The third-order valence-electron chi connectivity index (χ3n) is 5.10. The number of rotatable bonds is 3. The molecule has 2 aliphatic rings. The lowest BCUT2D eigenvalue weighted by Crippen LogP contribution is -2.50. The molecule has 2 heterocycles. The van der Waals surface area contributed by atoms with Gasteiger partial charge in [-0.3, -0.25) is 4.79 Å². The minimum atomic E-state index is -0.272. The van der Waals surface area contributed by atoms with Gasteiger partial charge < -0.3 is 10.2 Å². The first kappa shape index (κ1) is 15.5. The quantitative estimate of drug-likeness (QED) is 0.931. The Balaban J connectivity index is 1.69. The fourth-order valence-electron chi connectivity index (χ4n) is 3.89. The van der Waals surface area contributed by atoms with Crippen molar-refractivity contribution in [2.24, 2.45) is 5.92 Å². The maximum absolute atomic E-state index is 13.8. The first-order chi connectivity index (χ1) is 10.8. The summed E-state index contributed by atoms with van der Waals surface area (Å²) >= 11 is 0. The van der Waals surface area contributed by atoms with Gasteiger partial charge in [-0.15, -0.1) is 0 Å². The van der Waals surface area contributed by atoms with E-state index in [1.807, 2.05) is 4.90 Å². The van der Waals surface area contributed by atoms with Crippen molar-refractivity contribution in [2.75, 3.05) is 19.6 Å². The van der Waals surface area contributed by atoms with E-state index < -0.39 is 0 Å². The van der Waals surface area contributed by atoms with Gasteiger partial charge in [-0.2, -0.15) is 0 Å². The summed E-state index contributed by atoms with van der Waals surface area (Å²) in [5.74, 6) is 0.422. The summed E-state index contributed by atoms with van der Waals surface area (Å²) < 4.78 is 13.8. The highest BCUT2D eigenvalue weighted by molar-refractivity contribution is 5.79. The standard InChI is InChI=1S/C18H25FN2O/c19-16-6-2-1-5-15(16)13-18(22)21-12-4-3-7-17(21)14-8-10-20-11-9-14/h1-2,5-6,14,17,20H,3-4,7-13H2/t17-/m1/s1. The molecule has 4 heteroatoms. The summed E-state index contributed by atoms with van der Waals surface area (Å²) in [5.41, 5.74) is 0.516. The maximum Gasteiger partial charge on any atom is 0.227 e. The zero-order valence-corrected chi connectivity index (χ0v) is 13.1. The average molecular weight is 304 g/mol. The lowest BCUT2D eigenvalue weighted by atomic mass is 9.84. The van der Waals surface area contributed by atoms with Crippen LogP contribution in [-0.2, 0) is 11.2 Å². The molecule has 2 saturated heterocycles. The predicted octanol–water partition coefficient (Wildman–Crippen LogP) is 2.75. The predicted molar refractivity (Wildman–Crippen MR) is 85.0 cm³/mol. The van der Waals surface area contributed by atoms with E-state index in [1.54, 1.807) is 18.2 Å². The van der Waals surface area contributed by atoms with Crippen LogP contribution in [0.3, 0.4) is 0 Å². The van der Waals surface area contributed by atoms with Gasteiger partial charge in [0.15, 0.2) is 0 Å². The summed E-state index contributed by atoms with van der Waals surface area (Å²) in [4.78, 5) is 14.8. The fourth-order valence-corrected chi connectivity index (χ4v) is 3.89. The Morgan fingerprint density at radius 3 is 2.73 bits per heavy atom. The minimum absolute atomic E-state index is 0.0910. The van der Waals surface area contributed by atoms with Crippen LogP contribution in [0.25, 0.3) is 0 Å². The molecule has 2 fully saturated rings. The van der Waals surface area contributed by atoms with Gasteiger partial charge in [-0.05, 0) is 62.7 Å². The second kappa shape index (κ2) is 7.23. The first-order valence-corrected chi connectivity index (χ1v) is 8.49. The van der Waals surface area contributed by atoms with Crippen molar-refractivity contribution in [3.63, 3.8) is 0 Å². The number of nitrogens with one attached hydrogen (secondary N) is 1. The van der Waals surface area contributed by atoms with Crippen molar-refractivity contribution in [1.29, 1.82) is 0 Å². The third-order valence-corrected chi connectivity index (χ3v) is 5.10. The molecule has 0 bridgehead atoms. The van der Waals surface area contributed by atoms with E-state index in [1.165, 1.54) is 12.5 Å². The highest BCUT2D eigenvalue weighted by Crippen LogP contribution is 2.29. The molecular formula is C18H25FN2O.